The molecule has 15 heavy (non-hydrogen) atoms. The van der Waals surface area contributed by atoms with E-state index in [0.29, 0.717) is 0 Å². The Morgan fingerprint density at radius 3 is 2.60 bits per heavy atom. The van der Waals surface area contributed by atoms with Gasteiger partial charge in [-0.25, -0.2) is 0 Å². The van der Waals surface area contributed by atoms with Crippen molar-refractivity contribution < 1.29 is 22.6 Å². The molecule has 0 aromatic heterocycles. The monoisotopic (exact) mass is 227 g/mol. The van der Waals surface area contributed by atoms with E-state index in [1.54, 1.807) is 0 Å². The number of alkyl halides is 3. The first kappa shape index (κ1) is 12.7. The number of ether oxygens (including phenoxy) is 2. The van der Waals surface area contributed by atoms with Gasteiger partial charge in [-0.2, -0.15) is 0 Å². The fourth-order valence-electron chi connectivity index (χ4n) is 1.59. The van der Waals surface area contributed by atoms with Crippen LogP contribution >= 0.6 is 0 Å². The van der Waals surface area contributed by atoms with E-state index in [4.69, 9.17) is 4.74 Å². The lowest BCUT2D eigenvalue weighted by Crippen LogP contribution is -2.24. The summed E-state index contributed by atoms with van der Waals surface area (Å²) in [4.78, 5) is 2.20. The molecule has 1 heterocycles. The van der Waals surface area contributed by atoms with E-state index in [2.05, 4.69) is 16.6 Å². The van der Waals surface area contributed by atoms with Crippen molar-refractivity contribution in [1.29, 1.82) is 0 Å². The molecule has 0 radical (unpaired) electrons. The van der Waals surface area contributed by atoms with Crippen molar-refractivity contribution in [2.75, 3.05) is 32.8 Å². The zero-order valence-corrected chi connectivity index (χ0v) is 8.72. The summed E-state index contributed by atoms with van der Waals surface area (Å²) in [6.07, 6.45) is -3.60. The molecule has 0 N–H and O–H groups in total. The van der Waals surface area contributed by atoms with Crippen LogP contribution in [-0.4, -0.2) is 50.2 Å². The minimum atomic E-state index is -4.55. The van der Waals surface area contributed by atoms with E-state index in [0.717, 1.165) is 26.1 Å². The van der Waals surface area contributed by atoms with Gasteiger partial charge in [0, 0.05) is 13.1 Å². The molecule has 0 saturated carbocycles. The van der Waals surface area contributed by atoms with Crippen molar-refractivity contribution in [3.63, 3.8) is 0 Å². The third-order valence-corrected chi connectivity index (χ3v) is 2.38. The lowest BCUT2D eigenvalue weighted by atomic mass is 10.3. The van der Waals surface area contributed by atoms with Crippen LogP contribution in [0.3, 0.4) is 0 Å². The Balaban J connectivity index is 2.02. The Kier molecular flexibility index (Phi) is 4.82. The van der Waals surface area contributed by atoms with Gasteiger partial charge in [0.2, 0.25) is 0 Å². The van der Waals surface area contributed by atoms with Crippen LogP contribution in [0.5, 0.6) is 0 Å². The molecular formula is C9H16F3NO2. The van der Waals surface area contributed by atoms with Crippen molar-refractivity contribution in [3.8, 4) is 0 Å². The molecule has 1 unspecified atom stereocenters. The average Bonchev–Trinajstić information content (AvgIpc) is 2.59. The lowest BCUT2D eigenvalue weighted by molar-refractivity contribution is -0.327. The van der Waals surface area contributed by atoms with Crippen molar-refractivity contribution in [2.24, 2.45) is 0 Å². The SMILES string of the molecule is CCN1CCC(OCCOC(F)(F)F)C1. The number of likely N-dealkylation sites (tertiary alicyclic amines) is 1. The molecule has 0 aromatic carbocycles. The van der Waals surface area contributed by atoms with Gasteiger partial charge in [-0.05, 0) is 13.0 Å². The first-order chi connectivity index (χ1) is 7.01. The Hall–Kier alpha value is -0.330. The van der Waals surface area contributed by atoms with Gasteiger partial charge in [0.1, 0.15) is 0 Å². The topological polar surface area (TPSA) is 21.7 Å². The summed E-state index contributed by atoms with van der Waals surface area (Å²) in [5.41, 5.74) is 0. The number of hydrogen-bond donors (Lipinski definition) is 0. The molecule has 1 atom stereocenters. The van der Waals surface area contributed by atoms with Crippen molar-refractivity contribution in [3.05, 3.63) is 0 Å². The predicted molar refractivity (Wildman–Crippen MR) is 48.5 cm³/mol. The summed E-state index contributed by atoms with van der Waals surface area (Å²) in [5, 5.41) is 0. The quantitative estimate of drug-likeness (QED) is 0.666. The van der Waals surface area contributed by atoms with E-state index >= 15 is 0 Å². The standard InChI is InChI=1S/C9H16F3NO2/c1-2-13-4-3-8(7-13)14-5-6-15-9(10,11)12/h8H,2-7H2,1H3. The molecule has 90 valence electrons. The molecule has 0 aromatic rings. The fourth-order valence-corrected chi connectivity index (χ4v) is 1.59. The summed E-state index contributed by atoms with van der Waals surface area (Å²) in [6.45, 7) is 4.35. The molecule has 0 spiro atoms. The third-order valence-electron chi connectivity index (χ3n) is 2.38. The molecule has 6 heteroatoms. The Bertz CT molecular complexity index is 187. The third kappa shape index (κ3) is 5.34. The fraction of sp³-hybridized carbons (Fsp3) is 1.00. The molecule has 1 aliphatic rings. The van der Waals surface area contributed by atoms with Crippen LogP contribution in [0.2, 0.25) is 0 Å². The van der Waals surface area contributed by atoms with Crippen molar-refractivity contribution in [1.82, 2.24) is 4.90 Å². The zero-order valence-electron chi connectivity index (χ0n) is 8.72. The number of hydrogen-bond acceptors (Lipinski definition) is 3. The molecule has 3 nitrogen and oxygen atoms in total. The minimum absolute atomic E-state index is 0.00172. The van der Waals surface area contributed by atoms with Crippen molar-refractivity contribution >= 4 is 0 Å². The molecule has 1 aliphatic heterocycles. The van der Waals surface area contributed by atoms with Crippen LogP contribution in [-0.2, 0) is 9.47 Å². The summed E-state index contributed by atoms with van der Waals surface area (Å²) in [5.74, 6) is 0. The Labute approximate surface area is 87.1 Å². The second-order valence-electron chi connectivity index (χ2n) is 3.47. The van der Waals surface area contributed by atoms with Gasteiger partial charge in [-0.15, -0.1) is 13.2 Å². The van der Waals surface area contributed by atoms with E-state index in [1.807, 2.05) is 0 Å². The molecule has 0 amide bonds. The van der Waals surface area contributed by atoms with Gasteiger partial charge in [0.25, 0.3) is 0 Å². The molecule has 0 aliphatic carbocycles. The maximum Gasteiger partial charge on any atom is 0.522 e. The number of nitrogens with zero attached hydrogens (tertiary/aromatic N) is 1. The number of halogens is 3. The van der Waals surface area contributed by atoms with Crippen LogP contribution in [0.25, 0.3) is 0 Å². The highest BCUT2D eigenvalue weighted by Crippen LogP contribution is 2.16. The lowest BCUT2D eigenvalue weighted by Gasteiger charge is -2.14. The predicted octanol–water partition coefficient (Wildman–Crippen LogP) is 1.63. The van der Waals surface area contributed by atoms with Gasteiger partial charge in [-0.1, -0.05) is 6.92 Å². The minimum Gasteiger partial charge on any atom is -0.374 e. The van der Waals surface area contributed by atoms with Gasteiger partial charge in [0.05, 0.1) is 19.3 Å². The maximum absolute atomic E-state index is 11.6. The van der Waals surface area contributed by atoms with Crippen LogP contribution in [0, 0.1) is 0 Å². The van der Waals surface area contributed by atoms with E-state index in [-0.39, 0.29) is 12.7 Å². The largest absolute Gasteiger partial charge is 0.522 e. The van der Waals surface area contributed by atoms with Gasteiger partial charge in [-0.3, -0.25) is 4.74 Å². The Morgan fingerprint density at radius 1 is 1.33 bits per heavy atom. The van der Waals surface area contributed by atoms with Crippen LogP contribution in [0.15, 0.2) is 0 Å². The summed E-state index contributed by atoms with van der Waals surface area (Å²) < 4.78 is 43.6. The van der Waals surface area contributed by atoms with E-state index in [9.17, 15) is 13.2 Å². The summed E-state index contributed by atoms with van der Waals surface area (Å²) in [7, 11) is 0. The average molecular weight is 227 g/mol. The van der Waals surface area contributed by atoms with Crippen LogP contribution in [0.1, 0.15) is 13.3 Å². The highest BCUT2D eigenvalue weighted by atomic mass is 19.4. The van der Waals surface area contributed by atoms with Crippen LogP contribution < -0.4 is 0 Å². The highest BCUT2D eigenvalue weighted by Gasteiger charge is 2.29. The highest BCUT2D eigenvalue weighted by molar-refractivity contribution is 4.74. The van der Waals surface area contributed by atoms with Crippen LogP contribution in [0.4, 0.5) is 13.2 Å². The van der Waals surface area contributed by atoms with E-state index < -0.39 is 13.0 Å². The van der Waals surface area contributed by atoms with Crippen molar-refractivity contribution in [2.45, 2.75) is 25.8 Å². The first-order valence-corrected chi connectivity index (χ1v) is 5.06. The Morgan fingerprint density at radius 2 is 2.07 bits per heavy atom. The summed E-state index contributed by atoms with van der Waals surface area (Å²) in [6, 6.07) is 0. The number of rotatable bonds is 5. The summed E-state index contributed by atoms with van der Waals surface area (Å²) >= 11 is 0. The smallest absolute Gasteiger partial charge is 0.374 e. The molecule has 0 bridgehead atoms. The maximum atomic E-state index is 11.6. The molecular weight excluding hydrogens is 211 g/mol. The van der Waals surface area contributed by atoms with Gasteiger partial charge < -0.3 is 9.64 Å². The normalized spacial score (nSPS) is 23.6. The van der Waals surface area contributed by atoms with Gasteiger partial charge >= 0.3 is 6.36 Å². The second-order valence-corrected chi connectivity index (χ2v) is 3.47. The second kappa shape index (κ2) is 5.67. The van der Waals surface area contributed by atoms with E-state index in [1.165, 1.54) is 0 Å². The van der Waals surface area contributed by atoms with Gasteiger partial charge in [0.15, 0.2) is 0 Å². The molecule has 1 rings (SSSR count). The number of likely N-dealkylation sites (N-methyl/N-ethyl adjacent to an activating group) is 1. The first-order valence-electron chi connectivity index (χ1n) is 5.06. The zero-order chi connectivity index (χ0) is 11.3. The molecule has 1 saturated heterocycles. The molecule has 1 fully saturated rings.